The first-order valence-electron chi connectivity index (χ1n) is 8.30. The zero-order valence-corrected chi connectivity index (χ0v) is 14.5. The molecule has 0 unspecified atom stereocenters. The molecule has 1 atom stereocenters. The molecule has 0 radical (unpaired) electrons. The van der Waals surface area contributed by atoms with Gasteiger partial charge in [-0.3, -0.25) is 4.79 Å². The summed E-state index contributed by atoms with van der Waals surface area (Å²) in [6.07, 6.45) is 2.30. The zero-order chi connectivity index (χ0) is 18.7. The second-order valence-electron chi connectivity index (χ2n) is 6.24. The van der Waals surface area contributed by atoms with Crippen LogP contribution in [0.5, 0.6) is 0 Å². The van der Waals surface area contributed by atoms with Gasteiger partial charge in [0.1, 0.15) is 11.9 Å². The van der Waals surface area contributed by atoms with Crippen molar-refractivity contribution in [2.24, 2.45) is 12.8 Å². The molecule has 0 aliphatic rings. The van der Waals surface area contributed by atoms with Gasteiger partial charge in [-0.1, -0.05) is 36.4 Å². The number of nitrogens with one attached hydrogen (secondary N) is 1. The third kappa shape index (κ3) is 3.70. The smallest absolute Gasteiger partial charge is 0.320 e. The largest absolute Gasteiger partial charge is 0.480 e. The minimum absolute atomic E-state index is 0.358. The number of H-pyrrole nitrogens is 1. The topological polar surface area (TPSA) is 110 Å². The van der Waals surface area contributed by atoms with Crippen LogP contribution in [0.25, 0.3) is 21.8 Å². The Balaban J connectivity index is 0.000000167. The molecule has 0 saturated heterocycles. The first kappa shape index (κ1) is 17.6. The van der Waals surface area contributed by atoms with Crippen molar-refractivity contribution < 1.29 is 9.90 Å². The summed E-state index contributed by atoms with van der Waals surface area (Å²) in [5, 5.41) is 11.0. The van der Waals surface area contributed by atoms with Gasteiger partial charge in [0.15, 0.2) is 0 Å². The molecule has 0 spiro atoms. The van der Waals surface area contributed by atoms with Crippen molar-refractivity contribution in [1.29, 1.82) is 0 Å². The summed E-state index contributed by atoms with van der Waals surface area (Å²) in [4.78, 5) is 13.8. The summed E-state index contributed by atoms with van der Waals surface area (Å²) in [5.41, 5.74) is 14.2. The van der Waals surface area contributed by atoms with Gasteiger partial charge in [-0.25, -0.2) is 0 Å². The summed E-state index contributed by atoms with van der Waals surface area (Å²) in [5.74, 6) is -0.242. The lowest BCUT2D eigenvalue weighted by atomic mass is 10.1. The molecule has 0 amide bonds. The lowest BCUT2D eigenvalue weighted by Crippen LogP contribution is -2.32. The number of aromatic nitrogens is 2. The minimum atomic E-state index is -0.965. The monoisotopic (exact) mass is 350 g/mol. The Morgan fingerprint density at radius 3 is 2.62 bits per heavy atom. The molecule has 0 fully saturated rings. The van der Waals surface area contributed by atoms with E-state index in [4.69, 9.17) is 16.6 Å². The third-order valence-corrected chi connectivity index (χ3v) is 4.29. The van der Waals surface area contributed by atoms with Crippen LogP contribution in [0.15, 0.2) is 60.8 Å². The Hall–Kier alpha value is -3.25. The number of benzene rings is 2. The Bertz CT molecular complexity index is 1020. The van der Waals surface area contributed by atoms with E-state index in [1.807, 2.05) is 72.4 Å². The number of aryl methyl sites for hydroxylation is 1. The van der Waals surface area contributed by atoms with Gasteiger partial charge in [0.2, 0.25) is 0 Å². The minimum Gasteiger partial charge on any atom is -0.480 e. The Kier molecular flexibility index (Phi) is 4.95. The average molecular weight is 350 g/mol. The van der Waals surface area contributed by atoms with Crippen molar-refractivity contribution in [2.45, 2.75) is 12.5 Å². The van der Waals surface area contributed by atoms with E-state index in [1.165, 1.54) is 5.39 Å². The number of carbonyl (C=O) groups is 1. The number of fused-ring (bicyclic) bond motifs is 2. The molecule has 134 valence electrons. The van der Waals surface area contributed by atoms with Crippen LogP contribution in [0.1, 0.15) is 5.56 Å². The maximum absolute atomic E-state index is 10.7. The normalized spacial score (nSPS) is 11.9. The van der Waals surface area contributed by atoms with Gasteiger partial charge in [-0.2, -0.15) is 0 Å². The number of para-hydroxylation sites is 2. The van der Waals surface area contributed by atoms with Gasteiger partial charge < -0.3 is 26.1 Å². The van der Waals surface area contributed by atoms with E-state index in [9.17, 15) is 4.79 Å². The number of nitrogens with two attached hydrogens (primary N) is 2. The molecule has 4 rings (SSSR count). The highest BCUT2D eigenvalue weighted by Gasteiger charge is 2.15. The van der Waals surface area contributed by atoms with E-state index in [0.29, 0.717) is 6.42 Å². The van der Waals surface area contributed by atoms with Gasteiger partial charge in [0.05, 0.1) is 0 Å². The average Bonchev–Trinajstić information content (AvgIpc) is 3.15. The SMILES string of the molecule is Cn1cc(C[C@@H](N)C(=O)O)c2ccccc21.Nc1cc2ccccc2[nH]1. The van der Waals surface area contributed by atoms with Crippen LogP contribution in [-0.2, 0) is 18.3 Å². The number of hydrogen-bond acceptors (Lipinski definition) is 3. The maximum Gasteiger partial charge on any atom is 0.320 e. The number of aromatic amines is 1. The summed E-state index contributed by atoms with van der Waals surface area (Å²) >= 11 is 0. The van der Waals surface area contributed by atoms with Crippen LogP contribution in [-0.4, -0.2) is 26.7 Å². The van der Waals surface area contributed by atoms with Crippen molar-refractivity contribution in [1.82, 2.24) is 9.55 Å². The zero-order valence-electron chi connectivity index (χ0n) is 14.5. The Morgan fingerprint density at radius 1 is 1.19 bits per heavy atom. The Morgan fingerprint density at radius 2 is 1.88 bits per heavy atom. The molecule has 6 nitrogen and oxygen atoms in total. The molecular formula is C20H22N4O2. The molecule has 6 N–H and O–H groups in total. The van der Waals surface area contributed by atoms with Crippen molar-refractivity contribution in [3.05, 3.63) is 66.4 Å². The first-order valence-corrected chi connectivity index (χ1v) is 8.30. The number of anilines is 1. The van der Waals surface area contributed by atoms with Crippen molar-refractivity contribution >= 4 is 33.6 Å². The van der Waals surface area contributed by atoms with Crippen LogP contribution < -0.4 is 11.5 Å². The summed E-state index contributed by atoms with van der Waals surface area (Å²) in [6, 6.07) is 17.0. The molecule has 2 aromatic heterocycles. The molecule has 2 aromatic carbocycles. The summed E-state index contributed by atoms with van der Waals surface area (Å²) in [7, 11) is 1.94. The van der Waals surface area contributed by atoms with Crippen LogP contribution in [0.4, 0.5) is 5.82 Å². The van der Waals surface area contributed by atoms with Gasteiger partial charge in [-0.15, -0.1) is 0 Å². The predicted octanol–water partition coefficient (Wildman–Crippen LogP) is 2.88. The van der Waals surface area contributed by atoms with Gasteiger partial charge in [0, 0.05) is 41.5 Å². The van der Waals surface area contributed by atoms with Crippen molar-refractivity contribution in [2.75, 3.05) is 5.73 Å². The lowest BCUT2D eigenvalue weighted by Gasteiger charge is -2.04. The fourth-order valence-corrected chi connectivity index (χ4v) is 3.01. The molecule has 0 aliphatic carbocycles. The molecule has 0 saturated carbocycles. The fraction of sp³-hybridized carbons (Fsp3) is 0.150. The third-order valence-electron chi connectivity index (χ3n) is 4.29. The molecule has 0 aliphatic heterocycles. The van der Waals surface area contributed by atoms with Gasteiger partial charge in [-0.05, 0) is 23.8 Å². The highest BCUT2D eigenvalue weighted by Crippen LogP contribution is 2.21. The number of carboxylic acids is 1. The fourth-order valence-electron chi connectivity index (χ4n) is 3.01. The van der Waals surface area contributed by atoms with Crippen molar-refractivity contribution in [3.63, 3.8) is 0 Å². The molecule has 2 heterocycles. The number of aliphatic carboxylic acids is 1. The molecule has 6 heteroatoms. The van der Waals surface area contributed by atoms with E-state index in [1.54, 1.807) is 0 Å². The maximum atomic E-state index is 10.7. The second kappa shape index (κ2) is 7.33. The number of nitrogens with zero attached hydrogens (tertiary/aromatic N) is 1. The van der Waals surface area contributed by atoms with E-state index in [0.717, 1.165) is 27.8 Å². The van der Waals surface area contributed by atoms with E-state index in [2.05, 4.69) is 4.98 Å². The quantitative estimate of drug-likeness (QED) is 0.455. The van der Waals surface area contributed by atoms with Gasteiger partial charge in [0.25, 0.3) is 0 Å². The van der Waals surface area contributed by atoms with Gasteiger partial charge >= 0.3 is 5.97 Å². The highest BCUT2D eigenvalue weighted by molar-refractivity contribution is 5.85. The van der Waals surface area contributed by atoms with Crippen LogP contribution in [0.2, 0.25) is 0 Å². The molecule has 4 aromatic rings. The van der Waals surface area contributed by atoms with Crippen molar-refractivity contribution in [3.8, 4) is 0 Å². The number of rotatable bonds is 3. The lowest BCUT2D eigenvalue weighted by molar-refractivity contribution is -0.138. The summed E-state index contributed by atoms with van der Waals surface area (Å²) in [6.45, 7) is 0. The Labute approximate surface area is 151 Å². The van der Waals surface area contributed by atoms with Crippen LogP contribution in [0.3, 0.4) is 0 Å². The number of carboxylic acid groups (broad SMARTS) is 1. The predicted molar refractivity (Wildman–Crippen MR) is 105 cm³/mol. The number of hydrogen-bond donors (Lipinski definition) is 4. The second-order valence-corrected chi connectivity index (χ2v) is 6.24. The molecule has 26 heavy (non-hydrogen) atoms. The number of nitrogen functional groups attached to an aromatic ring is 1. The van der Waals surface area contributed by atoms with E-state index >= 15 is 0 Å². The summed E-state index contributed by atoms with van der Waals surface area (Å²) < 4.78 is 1.99. The van der Waals surface area contributed by atoms with E-state index in [-0.39, 0.29) is 0 Å². The first-order chi connectivity index (χ1) is 12.5. The standard InChI is InChI=1S/C12H14N2O2.C8H8N2/c1-14-7-8(6-10(13)12(15)16)9-4-2-3-5-11(9)14;9-8-5-6-3-1-2-4-7(6)10-8/h2-5,7,10H,6,13H2,1H3,(H,15,16);1-5,10H,9H2/t10-;/m1./s1. The van der Waals surface area contributed by atoms with Crippen LogP contribution in [0, 0.1) is 0 Å². The van der Waals surface area contributed by atoms with Crippen LogP contribution >= 0.6 is 0 Å². The molecular weight excluding hydrogens is 328 g/mol. The van der Waals surface area contributed by atoms with E-state index < -0.39 is 12.0 Å². The molecule has 0 bridgehead atoms. The highest BCUT2D eigenvalue weighted by atomic mass is 16.4.